The molecular weight excluding hydrogens is 553 g/mol. The molecule has 1 radical (unpaired) electrons. The fraction of sp³-hybridized carbons (Fsp3) is 0.656. The molecule has 4 aliphatic rings. The molecule has 0 spiro atoms. The fourth-order valence-electron chi connectivity index (χ4n) is 9.09. The number of aliphatic hydroxyl groups is 4. The maximum Gasteiger partial charge on any atom is 0.337 e. The second-order valence-electron chi connectivity index (χ2n) is 14.0. The summed E-state index contributed by atoms with van der Waals surface area (Å²) >= 11 is 0. The first-order chi connectivity index (χ1) is 20.1. The van der Waals surface area contributed by atoms with Crippen molar-refractivity contribution in [2.24, 2.45) is 28.1 Å². The van der Waals surface area contributed by atoms with Gasteiger partial charge in [-0.3, -0.25) is 4.79 Å². The predicted molar refractivity (Wildman–Crippen MR) is 157 cm³/mol. The third kappa shape index (κ3) is 4.49. The molecular formula is C32H43BNO9. The largest absolute Gasteiger partial charge is 0.456 e. The van der Waals surface area contributed by atoms with Crippen molar-refractivity contribution >= 4 is 25.4 Å². The van der Waals surface area contributed by atoms with Crippen molar-refractivity contribution in [2.75, 3.05) is 6.61 Å². The smallest absolute Gasteiger partial charge is 0.337 e. The summed E-state index contributed by atoms with van der Waals surface area (Å²) in [6.45, 7) is 11.2. The maximum atomic E-state index is 14.3. The van der Waals surface area contributed by atoms with Crippen molar-refractivity contribution in [3.05, 3.63) is 47.0 Å². The minimum absolute atomic E-state index is 0.0515. The molecule has 233 valence electrons. The Labute approximate surface area is 253 Å². The van der Waals surface area contributed by atoms with E-state index in [4.69, 9.17) is 9.47 Å². The highest BCUT2D eigenvalue weighted by Gasteiger charge is 2.72. The summed E-state index contributed by atoms with van der Waals surface area (Å²) in [4.78, 5) is 38.8. The van der Waals surface area contributed by atoms with Gasteiger partial charge < -0.3 is 39.9 Å². The average molecular weight is 597 g/mol. The maximum absolute atomic E-state index is 14.3. The molecule has 11 heteroatoms. The van der Waals surface area contributed by atoms with Gasteiger partial charge in [-0.1, -0.05) is 58.0 Å². The highest BCUT2D eigenvalue weighted by atomic mass is 16.6. The lowest BCUT2D eigenvalue weighted by molar-refractivity contribution is -0.302. The Hall–Kier alpha value is -2.41. The molecule has 10 nitrogen and oxygen atoms in total. The summed E-state index contributed by atoms with van der Waals surface area (Å²) in [7, 11) is 1.09. The quantitative estimate of drug-likeness (QED) is 0.134. The summed E-state index contributed by atoms with van der Waals surface area (Å²) < 4.78 is 11.7. The lowest BCUT2D eigenvalue weighted by atomic mass is 9.40. The number of carbonyl (C=O) groups excluding carboxylic acids is 3. The Morgan fingerprint density at radius 3 is 2.42 bits per heavy atom. The van der Waals surface area contributed by atoms with E-state index in [1.165, 1.54) is 0 Å². The van der Waals surface area contributed by atoms with Crippen LogP contribution >= 0.6 is 0 Å². The van der Waals surface area contributed by atoms with Gasteiger partial charge in [0.15, 0.2) is 11.9 Å². The van der Waals surface area contributed by atoms with Crippen LogP contribution in [0.1, 0.15) is 66.0 Å². The first kappa shape index (κ1) is 32.0. The number of hydrogen-bond acceptors (Lipinski definition) is 10. The van der Waals surface area contributed by atoms with Crippen LogP contribution in [-0.4, -0.2) is 88.5 Å². The van der Waals surface area contributed by atoms with Gasteiger partial charge in [0.25, 0.3) is 7.41 Å². The molecule has 1 saturated heterocycles. The predicted octanol–water partition coefficient (Wildman–Crippen LogP) is 1.25. The van der Waals surface area contributed by atoms with Gasteiger partial charge in [-0.25, -0.2) is 4.79 Å². The lowest BCUT2D eigenvalue weighted by Gasteiger charge is -2.68. The van der Waals surface area contributed by atoms with Gasteiger partial charge in [0, 0.05) is 23.7 Å². The van der Waals surface area contributed by atoms with Crippen LogP contribution in [0.15, 0.2) is 41.5 Å². The van der Waals surface area contributed by atoms with Gasteiger partial charge in [-0.05, 0) is 42.4 Å². The van der Waals surface area contributed by atoms with E-state index in [0.717, 1.165) is 7.41 Å². The second kappa shape index (κ2) is 10.9. The van der Waals surface area contributed by atoms with Gasteiger partial charge in [-0.15, -0.1) is 0 Å². The zero-order valence-electron chi connectivity index (χ0n) is 25.6. The summed E-state index contributed by atoms with van der Waals surface area (Å²) in [5, 5.41) is 49.7. The van der Waals surface area contributed by atoms with Crippen LogP contribution in [0.2, 0.25) is 0 Å². The van der Waals surface area contributed by atoms with Crippen molar-refractivity contribution in [2.45, 2.75) is 96.5 Å². The minimum atomic E-state index is -1.72. The normalized spacial score (nSPS) is 41.4. The number of carbonyl (C=O) groups is 3. The first-order valence-electron chi connectivity index (χ1n) is 15.0. The molecule has 2 bridgehead atoms. The number of rotatable bonds is 7. The van der Waals surface area contributed by atoms with E-state index in [2.05, 4.69) is 5.23 Å². The highest BCUT2D eigenvalue weighted by molar-refractivity contribution is 6.64. The van der Waals surface area contributed by atoms with E-state index >= 15 is 0 Å². The standard InChI is InChI=1S/C32H43BNO9/c1-16-19(43-28(40)25(38)23(34-33-15-35)18-10-8-7-9-11-18)13-32(41)17(2)26-30(5)14-42-21(30)12-20(36)31(26,6)27(39)24(37)22(16)29(32,3)4/h7-11,15,17,19-21,23-26,34,36-38,41H,12-14H2,1-6H3/t17-,19-,20-,21+,23-,24+,25+,26+,30+,31+,32+/m0/s1. The third-order valence-corrected chi connectivity index (χ3v) is 11.6. The van der Waals surface area contributed by atoms with Crippen LogP contribution in [0.4, 0.5) is 0 Å². The number of fused-ring (bicyclic) bond motifs is 5. The summed E-state index contributed by atoms with van der Waals surface area (Å²) in [6.07, 6.45) is -5.12. The molecule has 2 saturated carbocycles. The van der Waals surface area contributed by atoms with Crippen molar-refractivity contribution in [3.8, 4) is 0 Å². The molecule has 1 aromatic rings. The van der Waals surface area contributed by atoms with Crippen LogP contribution in [0.25, 0.3) is 0 Å². The number of ketones is 1. The van der Waals surface area contributed by atoms with Crippen LogP contribution in [-0.2, 0) is 23.9 Å². The Bertz CT molecular complexity index is 1320. The van der Waals surface area contributed by atoms with E-state index in [-0.39, 0.29) is 24.5 Å². The molecule has 5 rings (SSSR count). The highest BCUT2D eigenvalue weighted by Crippen LogP contribution is 2.66. The number of hydrogen-bond donors (Lipinski definition) is 5. The number of aliphatic hydroxyl groups excluding tert-OH is 3. The van der Waals surface area contributed by atoms with Crippen molar-refractivity contribution in [3.63, 3.8) is 0 Å². The minimum Gasteiger partial charge on any atom is -0.456 e. The number of ether oxygens (including phenoxy) is 2. The molecule has 1 heterocycles. The number of Topliss-reactive ketones (excluding diaryl/α,β-unsaturated/α-hetero) is 1. The molecule has 0 amide bonds. The third-order valence-electron chi connectivity index (χ3n) is 11.6. The molecule has 3 aliphatic carbocycles. The second-order valence-corrected chi connectivity index (χ2v) is 14.0. The van der Waals surface area contributed by atoms with E-state index in [1.807, 2.05) is 13.8 Å². The Morgan fingerprint density at radius 2 is 1.84 bits per heavy atom. The summed E-state index contributed by atoms with van der Waals surface area (Å²) in [5.41, 5.74) is -3.38. The molecule has 43 heavy (non-hydrogen) atoms. The fourth-order valence-corrected chi connectivity index (χ4v) is 9.09. The van der Waals surface area contributed by atoms with Gasteiger partial charge in [0.05, 0.1) is 42.1 Å². The van der Waals surface area contributed by atoms with Crippen molar-refractivity contribution < 1.29 is 44.3 Å². The van der Waals surface area contributed by atoms with Gasteiger partial charge in [0.2, 0.25) is 0 Å². The molecule has 0 aromatic heterocycles. The number of nitrogens with one attached hydrogen (secondary N) is 1. The van der Waals surface area contributed by atoms with Gasteiger partial charge in [-0.2, -0.15) is 0 Å². The lowest BCUT2D eigenvalue weighted by Crippen LogP contribution is -2.75. The van der Waals surface area contributed by atoms with Crippen molar-refractivity contribution in [1.82, 2.24) is 5.23 Å². The Morgan fingerprint density at radius 1 is 1.19 bits per heavy atom. The van der Waals surface area contributed by atoms with E-state index in [1.54, 1.807) is 58.0 Å². The summed E-state index contributed by atoms with van der Waals surface area (Å²) in [6, 6.07) is 7.64. The number of esters is 1. The zero-order chi connectivity index (χ0) is 31.7. The Balaban J connectivity index is 1.56. The van der Waals surface area contributed by atoms with Crippen molar-refractivity contribution in [1.29, 1.82) is 0 Å². The molecule has 1 aromatic carbocycles. The topological polar surface area (TPSA) is 163 Å². The molecule has 5 N–H and O–H groups in total. The first-order valence-corrected chi connectivity index (χ1v) is 15.0. The monoisotopic (exact) mass is 596 g/mol. The SMILES string of the molecule is CC1=C2[C@@H](O)C(=O)[C@@]3(C)[C@H]([C@H](C)[C@](O)(C[C@@H]1OC(=O)[C@H](O)[C@@H](N[B]C=O)c1ccccc1)C2(C)C)[C@]1(C)CO[C@@H]1C[C@@H]3O. The van der Waals surface area contributed by atoms with Gasteiger partial charge in [0.1, 0.15) is 12.2 Å². The van der Waals surface area contributed by atoms with Crippen LogP contribution in [0, 0.1) is 28.1 Å². The molecule has 3 fully saturated rings. The average Bonchev–Trinajstić information content (AvgIpc) is 2.96. The molecule has 0 unspecified atom stereocenters. The zero-order valence-corrected chi connectivity index (χ0v) is 25.6. The molecule has 1 aliphatic heterocycles. The van der Waals surface area contributed by atoms with E-state index < -0.39 is 75.9 Å². The number of benzene rings is 1. The van der Waals surface area contributed by atoms with Gasteiger partial charge >= 0.3 is 5.97 Å². The van der Waals surface area contributed by atoms with E-state index in [0.29, 0.717) is 23.9 Å². The van der Waals surface area contributed by atoms with E-state index in [9.17, 15) is 34.8 Å². The van der Waals surface area contributed by atoms with Crippen LogP contribution < -0.4 is 5.23 Å². The summed E-state index contributed by atoms with van der Waals surface area (Å²) in [5.74, 6) is -2.67. The molecule has 11 atom stereocenters. The van der Waals surface area contributed by atoms with Crippen LogP contribution in [0.5, 0.6) is 0 Å². The van der Waals surface area contributed by atoms with Crippen LogP contribution in [0.3, 0.4) is 0 Å². The Kier molecular flexibility index (Phi) is 8.10.